The van der Waals surface area contributed by atoms with E-state index in [4.69, 9.17) is 16.9 Å². The highest BCUT2D eigenvalue weighted by molar-refractivity contribution is 9.10. The zero-order valence-electron chi connectivity index (χ0n) is 10.3. The minimum absolute atomic E-state index is 0.00259. The molecular formula is C13H8BrClN2O3S. The van der Waals surface area contributed by atoms with Crippen molar-refractivity contribution < 1.29 is 13.5 Å². The molecule has 0 saturated carbocycles. The molecule has 0 saturated heterocycles. The van der Waals surface area contributed by atoms with Gasteiger partial charge in [0.05, 0.1) is 26.8 Å². The molecule has 0 atom stereocenters. The topological polar surface area (TPSA) is 90.2 Å². The summed E-state index contributed by atoms with van der Waals surface area (Å²) in [5.74, 6) is -0.242. The van der Waals surface area contributed by atoms with Gasteiger partial charge in [0.15, 0.2) is 5.75 Å². The van der Waals surface area contributed by atoms with Crippen molar-refractivity contribution in [3.63, 3.8) is 0 Å². The SMILES string of the molecule is N#Cc1ccc(Cl)c(S(=O)(=O)Nc2cccc(Br)c2O)c1. The second-order valence-electron chi connectivity index (χ2n) is 4.00. The Hall–Kier alpha value is -1.75. The number of nitriles is 1. The van der Waals surface area contributed by atoms with Crippen molar-refractivity contribution in [3.8, 4) is 11.8 Å². The summed E-state index contributed by atoms with van der Waals surface area (Å²) in [5.41, 5.74) is 0.168. The number of nitrogens with zero attached hydrogens (tertiary/aromatic N) is 1. The molecule has 0 fully saturated rings. The van der Waals surface area contributed by atoms with Gasteiger partial charge in [0.2, 0.25) is 0 Å². The maximum atomic E-state index is 12.3. The normalized spacial score (nSPS) is 10.9. The van der Waals surface area contributed by atoms with E-state index in [1.54, 1.807) is 12.1 Å². The van der Waals surface area contributed by atoms with Crippen LogP contribution in [0.3, 0.4) is 0 Å². The lowest BCUT2D eigenvalue weighted by molar-refractivity contribution is 0.474. The summed E-state index contributed by atoms with van der Waals surface area (Å²) >= 11 is 8.97. The number of benzene rings is 2. The Morgan fingerprint density at radius 3 is 2.67 bits per heavy atom. The first-order valence-corrected chi connectivity index (χ1v) is 8.20. The molecule has 0 aliphatic heterocycles. The smallest absolute Gasteiger partial charge is 0.263 e. The Kier molecular flexibility index (Phi) is 4.42. The van der Waals surface area contributed by atoms with Gasteiger partial charge in [0.1, 0.15) is 4.90 Å². The Morgan fingerprint density at radius 2 is 2.00 bits per heavy atom. The molecule has 2 rings (SSSR count). The van der Waals surface area contributed by atoms with Gasteiger partial charge >= 0.3 is 0 Å². The largest absolute Gasteiger partial charge is 0.505 e. The molecule has 8 heteroatoms. The van der Waals surface area contributed by atoms with Crippen LogP contribution in [-0.4, -0.2) is 13.5 Å². The summed E-state index contributed by atoms with van der Waals surface area (Å²) in [5, 5.41) is 18.6. The third-order valence-corrected chi connectivity index (χ3v) is 5.07. The van der Waals surface area contributed by atoms with E-state index in [-0.39, 0.29) is 26.9 Å². The number of aromatic hydroxyl groups is 1. The first-order chi connectivity index (χ1) is 9.85. The Balaban J connectivity index is 2.49. The van der Waals surface area contributed by atoms with Crippen LogP contribution in [0.1, 0.15) is 5.56 Å². The van der Waals surface area contributed by atoms with Gasteiger partial charge < -0.3 is 5.11 Å². The number of hydrogen-bond acceptors (Lipinski definition) is 4. The van der Waals surface area contributed by atoms with Crippen molar-refractivity contribution in [2.45, 2.75) is 4.90 Å². The molecule has 0 bridgehead atoms. The predicted octanol–water partition coefficient (Wildman–Crippen LogP) is 3.48. The fourth-order valence-corrected chi connectivity index (χ4v) is 3.54. The molecule has 0 aromatic heterocycles. The van der Waals surface area contributed by atoms with Crippen LogP contribution in [0.15, 0.2) is 45.8 Å². The molecule has 108 valence electrons. The number of phenols is 1. The highest BCUT2D eigenvalue weighted by Gasteiger charge is 2.20. The monoisotopic (exact) mass is 386 g/mol. The quantitative estimate of drug-likeness (QED) is 0.789. The van der Waals surface area contributed by atoms with E-state index in [1.165, 1.54) is 24.3 Å². The number of anilines is 1. The van der Waals surface area contributed by atoms with E-state index in [1.807, 2.05) is 6.07 Å². The lowest BCUT2D eigenvalue weighted by Gasteiger charge is -2.11. The van der Waals surface area contributed by atoms with Crippen molar-refractivity contribution >= 4 is 43.2 Å². The maximum Gasteiger partial charge on any atom is 0.263 e. The van der Waals surface area contributed by atoms with Gasteiger partial charge in [-0.25, -0.2) is 8.42 Å². The van der Waals surface area contributed by atoms with E-state index in [2.05, 4.69) is 20.7 Å². The molecule has 21 heavy (non-hydrogen) atoms. The van der Waals surface area contributed by atoms with Crippen LogP contribution in [0.5, 0.6) is 5.75 Å². The Labute approximate surface area is 135 Å². The lowest BCUT2D eigenvalue weighted by Crippen LogP contribution is -2.14. The van der Waals surface area contributed by atoms with Crippen LogP contribution in [-0.2, 0) is 10.0 Å². The number of hydrogen-bond donors (Lipinski definition) is 2. The molecule has 0 aliphatic carbocycles. The fourth-order valence-electron chi connectivity index (χ4n) is 1.58. The molecule has 0 spiro atoms. The van der Waals surface area contributed by atoms with Crippen molar-refractivity contribution in [2.24, 2.45) is 0 Å². The number of para-hydroxylation sites is 1. The highest BCUT2D eigenvalue weighted by Crippen LogP contribution is 2.34. The van der Waals surface area contributed by atoms with Gasteiger partial charge in [-0.2, -0.15) is 5.26 Å². The predicted molar refractivity (Wildman–Crippen MR) is 82.8 cm³/mol. The van der Waals surface area contributed by atoms with E-state index in [0.717, 1.165) is 0 Å². The zero-order chi connectivity index (χ0) is 15.6. The minimum Gasteiger partial charge on any atom is -0.505 e. The van der Waals surface area contributed by atoms with E-state index in [0.29, 0.717) is 4.47 Å². The Morgan fingerprint density at radius 1 is 1.29 bits per heavy atom. The van der Waals surface area contributed by atoms with Gasteiger partial charge in [-0.05, 0) is 46.3 Å². The summed E-state index contributed by atoms with van der Waals surface area (Å²) in [6.07, 6.45) is 0. The third kappa shape index (κ3) is 3.29. The standard InChI is InChI=1S/C13H8BrClN2O3S/c14-9-2-1-3-11(13(9)18)17-21(19,20)12-6-8(7-16)4-5-10(12)15/h1-6,17-18H. The molecular weight excluding hydrogens is 380 g/mol. The second kappa shape index (κ2) is 5.93. The van der Waals surface area contributed by atoms with Crippen molar-refractivity contribution in [3.05, 3.63) is 51.5 Å². The summed E-state index contributed by atoms with van der Waals surface area (Å²) in [6.45, 7) is 0. The van der Waals surface area contributed by atoms with Crippen molar-refractivity contribution in [1.29, 1.82) is 5.26 Å². The van der Waals surface area contributed by atoms with E-state index >= 15 is 0 Å². The van der Waals surface area contributed by atoms with Crippen LogP contribution in [0.25, 0.3) is 0 Å². The van der Waals surface area contributed by atoms with Gasteiger partial charge in [-0.1, -0.05) is 17.7 Å². The van der Waals surface area contributed by atoms with Crippen LogP contribution < -0.4 is 4.72 Å². The molecule has 2 aromatic carbocycles. The summed E-state index contributed by atoms with van der Waals surface area (Å²) in [4.78, 5) is -0.234. The first kappa shape index (κ1) is 15.6. The molecule has 0 unspecified atom stereocenters. The van der Waals surface area contributed by atoms with E-state index < -0.39 is 10.0 Å². The fraction of sp³-hybridized carbons (Fsp3) is 0. The van der Waals surface area contributed by atoms with E-state index in [9.17, 15) is 13.5 Å². The number of rotatable bonds is 3. The highest BCUT2D eigenvalue weighted by atomic mass is 79.9. The molecule has 0 radical (unpaired) electrons. The molecule has 5 nitrogen and oxygen atoms in total. The summed E-state index contributed by atoms with van der Waals surface area (Å²) < 4.78 is 27.2. The van der Waals surface area contributed by atoms with Crippen molar-refractivity contribution in [1.82, 2.24) is 0 Å². The van der Waals surface area contributed by atoms with Gasteiger partial charge in [0.25, 0.3) is 10.0 Å². The van der Waals surface area contributed by atoms with Crippen LogP contribution >= 0.6 is 27.5 Å². The van der Waals surface area contributed by atoms with Gasteiger partial charge in [-0.15, -0.1) is 0 Å². The molecule has 0 heterocycles. The molecule has 0 aliphatic rings. The zero-order valence-corrected chi connectivity index (χ0v) is 13.5. The number of sulfonamides is 1. The van der Waals surface area contributed by atoms with Crippen LogP contribution in [0, 0.1) is 11.3 Å². The lowest BCUT2D eigenvalue weighted by atomic mass is 10.2. The second-order valence-corrected chi connectivity index (χ2v) is 6.91. The third-order valence-electron chi connectivity index (χ3n) is 2.58. The summed E-state index contributed by atoms with van der Waals surface area (Å²) in [6, 6.07) is 10.3. The number of nitrogens with one attached hydrogen (secondary N) is 1. The first-order valence-electron chi connectivity index (χ1n) is 5.55. The number of phenolic OH excluding ortho intramolecular Hbond substituents is 1. The van der Waals surface area contributed by atoms with Crippen LogP contribution in [0.4, 0.5) is 5.69 Å². The summed E-state index contributed by atoms with van der Waals surface area (Å²) in [7, 11) is -4.03. The molecule has 2 N–H and O–H groups in total. The van der Waals surface area contributed by atoms with Crippen molar-refractivity contribution in [2.75, 3.05) is 4.72 Å². The Bertz CT molecular complexity index is 847. The average molecular weight is 388 g/mol. The average Bonchev–Trinajstić information content (AvgIpc) is 2.44. The van der Waals surface area contributed by atoms with Crippen LogP contribution in [0.2, 0.25) is 5.02 Å². The molecule has 0 amide bonds. The van der Waals surface area contributed by atoms with Gasteiger partial charge in [-0.3, -0.25) is 4.72 Å². The maximum absolute atomic E-state index is 12.3. The number of halogens is 2. The minimum atomic E-state index is -4.03. The molecule has 2 aromatic rings. The van der Waals surface area contributed by atoms with Gasteiger partial charge in [0, 0.05) is 0 Å².